The molecule has 0 unspecified atom stereocenters. The molecule has 4 heterocycles. The van der Waals surface area contributed by atoms with Gasteiger partial charge in [-0.25, -0.2) is 0 Å². The Kier molecular flexibility index (Phi) is 4.18. The van der Waals surface area contributed by atoms with E-state index < -0.39 is 0 Å². The minimum atomic E-state index is -0.0130. The fraction of sp³-hybridized carbons (Fsp3) is 0.647. The predicted molar refractivity (Wildman–Crippen MR) is 82.7 cm³/mol. The molecule has 2 aliphatic rings. The van der Waals surface area contributed by atoms with E-state index in [2.05, 4.69) is 15.1 Å². The Morgan fingerprint density at radius 3 is 2.78 bits per heavy atom. The third-order valence-corrected chi connectivity index (χ3v) is 4.72. The number of furan rings is 1. The summed E-state index contributed by atoms with van der Waals surface area (Å²) in [6.45, 7) is 4.58. The summed E-state index contributed by atoms with van der Waals surface area (Å²) < 4.78 is 17.3. The smallest absolute Gasteiger partial charge is 0.245 e. The zero-order chi connectivity index (χ0) is 15.6. The zero-order valence-corrected chi connectivity index (χ0v) is 13.5. The largest absolute Gasteiger partial charge is 0.465 e. The number of likely N-dealkylation sites (tertiary alicyclic amines) is 1. The Hall–Kier alpha value is -1.66. The third kappa shape index (κ3) is 3.19. The molecule has 2 saturated heterocycles. The van der Waals surface area contributed by atoms with Crippen molar-refractivity contribution < 1.29 is 13.6 Å². The summed E-state index contributed by atoms with van der Waals surface area (Å²) in [6, 6.07) is 4.24. The van der Waals surface area contributed by atoms with Gasteiger partial charge in [0.15, 0.2) is 0 Å². The Bertz CT molecular complexity index is 645. The van der Waals surface area contributed by atoms with Gasteiger partial charge in [-0.3, -0.25) is 4.90 Å². The van der Waals surface area contributed by atoms with E-state index in [0.717, 1.165) is 56.4 Å². The van der Waals surface area contributed by atoms with Gasteiger partial charge < -0.3 is 13.6 Å². The van der Waals surface area contributed by atoms with Crippen LogP contribution in [0.5, 0.6) is 0 Å². The van der Waals surface area contributed by atoms with Crippen LogP contribution in [0.25, 0.3) is 0 Å². The molecule has 2 fully saturated rings. The third-order valence-electron chi connectivity index (χ3n) is 4.72. The van der Waals surface area contributed by atoms with E-state index in [4.69, 9.17) is 13.6 Å². The lowest BCUT2D eigenvalue weighted by atomic mass is 10.0. The first-order valence-corrected chi connectivity index (χ1v) is 8.54. The quantitative estimate of drug-likeness (QED) is 0.859. The first-order chi connectivity index (χ1) is 11.3. The van der Waals surface area contributed by atoms with Crippen LogP contribution in [-0.4, -0.2) is 28.2 Å². The first-order valence-electron chi connectivity index (χ1n) is 8.54. The highest BCUT2D eigenvalue weighted by Gasteiger charge is 2.31. The SMILES string of the molecule is Cc1ccc(CN2CCCC[C@@H]2c2nnc([C@H]3CCCO3)o2)o1. The summed E-state index contributed by atoms with van der Waals surface area (Å²) in [5.41, 5.74) is 0. The highest BCUT2D eigenvalue weighted by Crippen LogP contribution is 2.34. The lowest BCUT2D eigenvalue weighted by Crippen LogP contribution is -2.33. The van der Waals surface area contributed by atoms with Crippen molar-refractivity contribution in [1.29, 1.82) is 0 Å². The standard InChI is InChI=1S/C17H23N3O3/c1-12-7-8-13(22-12)11-20-9-3-2-5-14(20)16-18-19-17(23-16)15-6-4-10-21-15/h7-8,14-15H,2-6,9-11H2,1H3/t14-,15-/m1/s1. The van der Waals surface area contributed by atoms with Gasteiger partial charge >= 0.3 is 0 Å². The maximum atomic E-state index is 5.96. The molecule has 2 atom stereocenters. The molecule has 0 aromatic carbocycles. The van der Waals surface area contributed by atoms with Crippen molar-refractivity contribution in [3.8, 4) is 0 Å². The molecular weight excluding hydrogens is 294 g/mol. The molecule has 0 saturated carbocycles. The lowest BCUT2D eigenvalue weighted by molar-refractivity contribution is 0.0778. The number of hydrogen-bond acceptors (Lipinski definition) is 6. The molecule has 124 valence electrons. The average molecular weight is 317 g/mol. The Labute approximate surface area is 135 Å². The molecule has 0 aliphatic carbocycles. The first kappa shape index (κ1) is 14.9. The van der Waals surface area contributed by atoms with E-state index in [1.54, 1.807) is 0 Å². The summed E-state index contributed by atoms with van der Waals surface area (Å²) in [6.07, 6.45) is 5.46. The number of piperidine rings is 1. The molecule has 0 spiro atoms. The molecule has 4 rings (SSSR count). The van der Waals surface area contributed by atoms with Crippen molar-refractivity contribution >= 4 is 0 Å². The molecule has 2 aromatic heterocycles. The van der Waals surface area contributed by atoms with Crippen molar-refractivity contribution in [2.45, 2.75) is 57.7 Å². The van der Waals surface area contributed by atoms with Crippen LogP contribution >= 0.6 is 0 Å². The van der Waals surface area contributed by atoms with Crippen LogP contribution in [0.3, 0.4) is 0 Å². The van der Waals surface area contributed by atoms with E-state index >= 15 is 0 Å². The van der Waals surface area contributed by atoms with Crippen LogP contribution in [0.1, 0.15) is 67.6 Å². The van der Waals surface area contributed by atoms with E-state index in [1.807, 2.05) is 19.1 Å². The fourth-order valence-electron chi connectivity index (χ4n) is 3.51. The average Bonchev–Trinajstić information content (AvgIpc) is 3.28. The molecule has 6 nitrogen and oxygen atoms in total. The molecule has 2 aromatic rings. The van der Waals surface area contributed by atoms with E-state index in [1.165, 1.54) is 12.8 Å². The number of ether oxygens (including phenoxy) is 1. The van der Waals surface area contributed by atoms with Crippen LogP contribution in [0.4, 0.5) is 0 Å². The summed E-state index contributed by atoms with van der Waals surface area (Å²) in [5.74, 6) is 3.30. The van der Waals surface area contributed by atoms with Crippen molar-refractivity contribution in [2.75, 3.05) is 13.2 Å². The van der Waals surface area contributed by atoms with Gasteiger partial charge in [0, 0.05) is 6.61 Å². The van der Waals surface area contributed by atoms with Gasteiger partial charge in [0.1, 0.15) is 17.6 Å². The van der Waals surface area contributed by atoms with Gasteiger partial charge in [-0.2, -0.15) is 0 Å². The van der Waals surface area contributed by atoms with Gasteiger partial charge in [-0.05, 0) is 51.3 Å². The minimum absolute atomic E-state index is 0.0130. The number of nitrogens with zero attached hydrogens (tertiary/aromatic N) is 3. The van der Waals surface area contributed by atoms with Crippen molar-refractivity contribution in [2.24, 2.45) is 0 Å². The Morgan fingerprint density at radius 2 is 2.00 bits per heavy atom. The monoisotopic (exact) mass is 317 g/mol. The molecule has 0 radical (unpaired) electrons. The molecule has 0 bridgehead atoms. The highest BCUT2D eigenvalue weighted by molar-refractivity contribution is 5.06. The van der Waals surface area contributed by atoms with Crippen molar-refractivity contribution in [1.82, 2.24) is 15.1 Å². The second-order valence-electron chi connectivity index (χ2n) is 6.47. The normalized spacial score (nSPS) is 26.0. The molecule has 0 N–H and O–H groups in total. The van der Waals surface area contributed by atoms with E-state index in [-0.39, 0.29) is 12.1 Å². The topological polar surface area (TPSA) is 64.5 Å². The highest BCUT2D eigenvalue weighted by atomic mass is 16.5. The molecule has 2 aliphatic heterocycles. The van der Waals surface area contributed by atoms with Gasteiger partial charge in [0.25, 0.3) is 0 Å². The van der Waals surface area contributed by atoms with Crippen molar-refractivity contribution in [3.05, 3.63) is 35.4 Å². The maximum absolute atomic E-state index is 5.96. The summed E-state index contributed by atoms with van der Waals surface area (Å²) in [5, 5.41) is 8.54. The van der Waals surface area contributed by atoms with Crippen LogP contribution in [0, 0.1) is 6.92 Å². The second-order valence-corrected chi connectivity index (χ2v) is 6.47. The number of rotatable bonds is 4. The molecule has 6 heteroatoms. The Morgan fingerprint density at radius 1 is 1.09 bits per heavy atom. The van der Waals surface area contributed by atoms with E-state index in [0.29, 0.717) is 5.89 Å². The van der Waals surface area contributed by atoms with E-state index in [9.17, 15) is 0 Å². The Balaban J connectivity index is 1.50. The summed E-state index contributed by atoms with van der Waals surface area (Å²) >= 11 is 0. The van der Waals surface area contributed by atoms with Crippen LogP contribution in [-0.2, 0) is 11.3 Å². The maximum Gasteiger partial charge on any atom is 0.245 e. The zero-order valence-electron chi connectivity index (χ0n) is 13.5. The van der Waals surface area contributed by atoms with Crippen LogP contribution in [0.15, 0.2) is 21.0 Å². The molecule has 23 heavy (non-hydrogen) atoms. The summed E-state index contributed by atoms with van der Waals surface area (Å²) in [7, 11) is 0. The van der Waals surface area contributed by atoms with Crippen LogP contribution < -0.4 is 0 Å². The van der Waals surface area contributed by atoms with Crippen molar-refractivity contribution in [3.63, 3.8) is 0 Å². The van der Waals surface area contributed by atoms with Gasteiger partial charge in [0.05, 0.1) is 12.6 Å². The second kappa shape index (κ2) is 6.45. The van der Waals surface area contributed by atoms with Gasteiger partial charge in [-0.1, -0.05) is 6.42 Å². The molecule has 0 amide bonds. The number of aryl methyl sites for hydroxylation is 1. The predicted octanol–water partition coefficient (Wildman–Crippen LogP) is 3.55. The van der Waals surface area contributed by atoms with Gasteiger partial charge in [-0.15, -0.1) is 10.2 Å². The lowest BCUT2D eigenvalue weighted by Gasteiger charge is -2.32. The van der Waals surface area contributed by atoms with Crippen LogP contribution in [0.2, 0.25) is 0 Å². The minimum Gasteiger partial charge on any atom is -0.465 e. The van der Waals surface area contributed by atoms with Gasteiger partial charge in [0.2, 0.25) is 11.8 Å². The molecular formula is C17H23N3O3. The fourth-order valence-corrected chi connectivity index (χ4v) is 3.51. The number of aromatic nitrogens is 2. The number of hydrogen-bond donors (Lipinski definition) is 0. The summed E-state index contributed by atoms with van der Waals surface area (Å²) in [4.78, 5) is 2.38.